The molecule has 2 saturated carbocycles. The molecule has 0 radical (unpaired) electrons. The average Bonchev–Trinajstić information content (AvgIpc) is 4.08. The molecule has 0 N–H and O–H groups in total. The first kappa shape index (κ1) is 46.2. The molecule has 10 rings (SSSR count). The van der Waals surface area contributed by atoms with Crippen LogP contribution in [-0.2, 0) is 36.2 Å². The molecule has 0 amide bonds. The van der Waals surface area contributed by atoms with Gasteiger partial charge in [-0.05, 0) is 94.2 Å². The van der Waals surface area contributed by atoms with Crippen LogP contribution < -0.4 is 24.8 Å². The van der Waals surface area contributed by atoms with E-state index < -0.39 is 0 Å². The second-order valence-electron chi connectivity index (χ2n) is 17.9. The summed E-state index contributed by atoms with van der Waals surface area (Å²) < 4.78 is 0. The van der Waals surface area contributed by atoms with E-state index in [0.29, 0.717) is 10.8 Å². The number of rotatable bonds is 8. The smallest absolute Gasteiger partial charge is 1.00 e. The van der Waals surface area contributed by atoms with E-state index in [9.17, 15) is 0 Å². The molecule has 60 heavy (non-hydrogen) atoms. The van der Waals surface area contributed by atoms with Gasteiger partial charge in [0.15, 0.2) is 0 Å². The molecule has 0 aromatic heterocycles. The van der Waals surface area contributed by atoms with Gasteiger partial charge in [-0.25, -0.2) is 0 Å². The number of halogens is 2. The number of hydrogen-bond donors (Lipinski definition) is 0. The van der Waals surface area contributed by atoms with Gasteiger partial charge in [0.2, 0.25) is 0 Å². The van der Waals surface area contributed by atoms with Crippen LogP contribution in [0.1, 0.15) is 89.2 Å². The molecule has 0 saturated heterocycles. The van der Waals surface area contributed by atoms with Crippen molar-refractivity contribution in [1.29, 1.82) is 0 Å². The third-order valence-corrected chi connectivity index (χ3v) is 13.7. The first-order valence-electron chi connectivity index (χ1n) is 22.1. The molecule has 2 aliphatic carbocycles. The Morgan fingerprint density at radius 1 is 0.483 bits per heavy atom. The molecule has 308 valence electrons. The summed E-state index contributed by atoms with van der Waals surface area (Å²) in [6.45, 7) is 9.38. The van der Waals surface area contributed by atoms with Crippen molar-refractivity contribution in [3.05, 3.63) is 157 Å². The van der Waals surface area contributed by atoms with Gasteiger partial charge in [0.1, 0.15) is 0 Å². The Bertz CT molecular complexity index is 2480. The van der Waals surface area contributed by atoms with Gasteiger partial charge < -0.3 is 24.8 Å². The third kappa shape index (κ3) is 10.5. The molecule has 0 bridgehead atoms. The van der Waals surface area contributed by atoms with Crippen LogP contribution >= 0.6 is 0 Å². The minimum absolute atomic E-state index is 0. The molecule has 2 fully saturated rings. The van der Waals surface area contributed by atoms with Crippen molar-refractivity contribution in [3.8, 4) is 22.3 Å². The molecule has 0 nitrogen and oxygen atoms in total. The zero-order valence-corrected chi connectivity index (χ0v) is 41.1. The minimum Gasteiger partial charge on any atom is -1.00 e. The Hall–Kier alpha value is -3.26. The number of fused-ring (bicyclic) bond motifs is 4. The van der Waals surface area contributed by atoms with Crippen LogP contribution in [0.5, 0.6) is 0 Å². The Morgan fingerprint density at radius 3 is 1.22 bits per heavy atom. The molecule has 0 aliphatic heterocycles. The predicted molar refractivity (Wildman–Crippen MR) is 252 cm³/mol. The molecule has 0 spiro atoms. The van der Waals surface area contributed by atoms with E-state index in [1.807, 2.05) is 0 Å². The minimum atomic E-state index is 0. The van der Waals surface area contributed by atoms with Crippen molar-refractivity contribution >= 4 is 48.5 Å². The first-order valence-corrected chi connectivity index (χ1v) is 28.3. The van der Waals surface area contributed by atoms with E-state index in [1.54, 1.807) is 23.3 Å². The van der Waals surface area contributed by atoms with Crippen LogP contribution in [-0.4, -0.2) is 5.43 Å². The van der Waals surface area contributed by atoms with Crippen molar-refractivity contribution in [1.82, 2.24) is 0 Å². The van der Waals surface area contributed by atoms with Crippen LogP contribution in [0.15, 0.2) is 146 Å². The van der Waals surface area contributed by atoms with Crippen LogP contribution in [0.4, 0.5) is 0 Å². The second kappa shape index (κ2) is 20.7. The zero-order chi connectivity index (χ0) is 40.1. The van der Waals surface area contributed by atoms with E-state index in [4.69, 9.17) is 0 Å². The molecule has 8 aromatic rings. The quantitative estimate of drug-likeness (QED) is 0.105. The predicted octanol–water partition coefficient (Wildman–Crippen LogP) is 10.6. The van der Waals surface area contributed by atoms with Gasteiger partial charge in [0, 0.05) is 0 Å². The molecule has 0 unspecified atom stereocenters. The Kier molecular flexibility index (Phi) is 16.0. The summed E-state index contributed by atoms with van der Waals surface area (Å²) >= 11 is 1.74. The molecule has 0 heterocycles. The maximum absolute atomic E-state index is 2.47. The normalized spacial score (nSPS) is 15.2. The van der Waals surface area contributed by atoms with Gasteiger partial charge in [-0.15, -0.1) is 69.1 Å². The van der Waals surface area contributed by atoms with Crippen LogP contribution in [0.2, 0.25) is 13.1 Å². The van der Waals surface area contributed by atoms with E-state index in [1.165, 1.54) is 154 Å². The van der Waals surface area contributed by atoms with E-state index in [2.05, 4.69) is 173 Å². The van der Waals surface area contributed by atoms with Crippen LogP contribution in [0.25, 0.3) is 65.3 Å². The zero-order valence-electron chi connectivity index (χ0n) is 36.1. The van der Waals surface area contributed by atoms with E-state index in [0.717, 1.165) is 0 Å². The number of benzene rings is 6. The average molecular weight is 923 g/mol. The number of hydrogen-bond acceptors (Lipinski definition) is 0. The molecule has 8 aromatic carbocycles. The van der Waals surface area contributed by atoms with Crippen molar-refractivity contribution < 1.29 is 48.1 Å². The maximum atomic E-state index is 2.47. The topological polar surface area (TPSA) is 0 Å². The Balaban J connectivity index is 0.000000179. The fraction of sp³-hybridized carbons (Fsp3) is 0.321. The second-order valence-corrected chi connectivity index (χ2v) is 27.3. The summed E-state index contributed by atoms with van der Waals surface area (Å²) in [5, 5.41) is 10.8. The fourth-order valence-corrected chi connectivity index (χ4v) is 10.4. The molecular formula is C56H60Cl2SiZr-2. The van der Waals surface area contributed by atoms with Crippen molar-refractivity contribution in [2.75, 3.05) is 0 Å². The van der Waals surface area contributed by atoms with Gasteiger partial charge in [-0.1, -0.05) is 148 Å². The van der Waals surface area contributed by atoms with Crippen LogP contribution in [0, 0.1) is 10.8 Å². The monoisotopic (exact) mass is 920 g/mol. The maximum Gasteiger partial charge on any atom is -1.00 e. The SMILES string of the molecule is CCC1(Cc2cc3c(-c4ccc5ccccc5c4)cccc3[cH-]2)CCCC1.CCC1(Cc2cc3c(-c4ccc5ccccc5c4)cccc3[cH-]2)CCCC1.C[Si](C)=[Zr+2].[Cl-].[Cl-]. The van der Waals surface area contributed by atoms with Crippen molar-refractivity contribution in [3.63, 3.8) is 0 Å². The summed E-state index contributed by atoms with van der Waals surface area (Å²) in [6.07, 6.45) is 16.4. The first-order chi connectivity index (χ1) is 28.3. The van der Waals surface area contributed by atoms with Gasteiger partial charge in [0.25, 0.3) is 0 Å². The summed E-state index contributed by atoms with van der Waals surface area (Å²) in [5.41, 5.74) is 9.74. The molecular weight excluding hydrogens is 863 g/mol. The standard InChI is InChI=1S/2C27H27.C2H6Si.2ClH.Zr/c2*1-2-27(14-5-6-15-27)19-20-16-23-10-7-11-25(26(23)17-20)24-13-12-21-8-3-4-9-22(21)18-24;1-3-2;;;/h2*3-4,7-13,16-18H,2,5-6,14-15,19H2,1H3;1-2H3;2*1H;/q2*-1;;;;+2/p-2. The third-order valence-electron chi connectivity index (χ3n) is 13.7. The summed E-state index contributed by atoms with van der Waals surface area (Å²) in [6, 6.07) is 54.3. The van der Waals surface area contributed by atoms with Gasteiger partial charge in [-0.2, -0.15) is 12.1 Å². The van der Waals surface area contributed by atoms with Gasteiger partial charge in [-0.3, -0.25) is 0 Å². The summed E-state index contributed by atoms with van der Waals surface area (Å²) in [5.74, 6) is 0. The van der Waals surface area contributed by atoms with E-state index in [-0.39, 0.29) is 30.2 Å². The molecule has 2 aliphatic rings. The largest absolute Gasteiger partial charge is 1.00 e. The van der Waals surface area contributed by atoms with E-state index >= 15 is 0 Å². The van der Waals surface area contributed by atoms with Crippen molar-refractivity contribution in [2.24, 2.45) is 10.8 Å². The molecule has 0 atom stereocenters. The summed E-state index contributed by atoms with van der Waals surface area (Å²) in [4.78, 5) is 0. The van der Waals surface area contributed by atoms with Crippen LogP contribution in [0.3, 0.4) is 0 Å². The Morgan fingerprint density at radius 2 is 0.850 bits per heavy atom. The van der Waals surface area contributed by atoms with Crippen molar-refractivity contribution in [2.45, 2.75) is 104 Å². The Labute approximate surface area is 387 Å². The van der Waals surface area contributed by atoms with Gasteiger partial charge in [0.05, 0.1) is 0 Å². The summed E-state index contributed by atoms with van der Waals surface area (Å²) in [7, 11) is 0. The fourth-order valence-electron chi connectivity index (χ4n) is 10.4. The van der Waals surface area contributed by atoms with Gasteiger partial charge >= 0.3 is 41.9 Å². The molecule has 4 heteroatoms.